The molecule has 1 aromatic heterocycles. The third kappa shape index (κ3) is 4.91. The molecule has 0 aliphatic heterocycles. The van der Waals surface area contributed by atoms with E-state index in [1.165, 1.54) is 11.3 Å². The molecule has 0 saturated heterocycles. The Labute approximate surface area is 107 Å². The average Bonchev–Trinajstić information content (AvgIpc) is 2.61. The maximum absolute atomic E-state index is 11.9. The van der Waals surface area contributed by atoms with Gasteiger partial charge in [-0.1, -0.05) is 20.8 Å². The lowest BCUT2D eigenvalue weighted by atomic mass is 9.93. The molecule has 0 fully saturated rings. The van der Waals surface area contributed by atoms with Crippen molar-refractivity contribution in [3.05, 3.63) is 11.1 Å². The highest BCUT2D eigenvalue weighted by Crippen LogP contribution is 2.26. The van der Waals surface area contributed by atoms with E-state index >= 15 is 0 Å². The second-order valence-electron chi connectivity index (χ2n) is 4.71. The number of nitrogens with zero attached hydrogens (tertiary/aromatic N) is 1. The number of alkyl halides is 3. The first-order chi connectivity index (χ1) is 8.08. The Kier molecular flexibility index (Phi) is 4.20. The first-order valence-electron chi connectivity index (χ1n) is 5.15. The first-order valence-corrected chi connectivity index (χ1v) is 6.03. The summed E-state index contributed by atoms with van der Waals surface area (Å²) in [5.41, 5.74) is 0.609. The number of hydrogen-bond acceptors (Lipinski definition) is 3. The SMILES string of the molecule is CC(C)(C)c1csc(NC(=O)NCC(F)(F)F)n1. The zero-order valence-corrected chi connectivity index (χ0v) is 11.0. The smallest absolute Gasteiger partial charge is 0.329 e. The third-order valence-corrected chi connectivity index (χ3v) is 2.70. The Bertz CT molecular complexity index is 423. The molecule has 8 heteroatoms. The zero-order chi connectivity index (χ0) is 14.0. The summed E-state index contributed by atoms with van der Waals surface area (Å²) in [6, 6.07) is -0.915. The summed E-state index contributed by atoms with van der Waals surface area (Å²) >= 11 is 1.17. The van der Waals surface area contributed by atoms with Gasteiger partial charge in [-0.3, -0.25) is 5.32 Å². The van der Waals surface area contributed by atoms with Gasteiger partial charge >= 0.3 is 12.2 Å². The van der Waals surface area contributed by atoms with Gasteiger partial charge < -0.3 is 5.32 Å². The highest BCUT2D eigenvalue weighted by Gasteiger charge is 2.27. The quantitative estimate of drug-likeness (QED) is 0.875. The Morgan fingerprint density at radius 3 is 2.44 bits per heavy atom. The highest BCUT2D eigenvalue weighted by atomic mass is 32.1. The second-order valence-corrected chi connectivity index (χ2v) is 5.57. The van der Waals surface area contributed by atoms with Crippen LogP contribution >= 0.6 is 11.3 Å². The van der Waals surface area contributed by atoms with Gasteiger partial charge in [0.1, 0.15) is 6.54 Å². The van der Waals surface area contributed by atoms with Crippen molar-refractivity contribution in [2.75, 3.05) is 11.9 Å². The molecule has 2 N–H and O–H groups in total. The van der Waals surface area contributed by atoms with Crippen LogP contribution in [-0.4, -0.2) is 23.7 Å². The summed E-state index contributed by atoms with van der Waals surface area (Å²) in [4.78, 5) is 15.3. The Morgan fingerprint density at radius 1 is 1.39 bits per heavy atom. The number of nitrogens with one attached hydrogen (secondary N) is 2. The van der Waals surface area contributed by atoms with Crippen LogP contribution in [0.15, 0.2) is 5.38 Å². The van der Waals surface area contributed by atoms with E-state index in [9.17, 15) is 18.0 Å². The van der Waals surface area contributed by atoms with Crippen LogP contribution in [0.4, 0.5) is 23.1 Å². The van der Waals surface area contributed by atoms with E-state index in [1.807, 2.05) is 20.8 Å². The predicted octanol–water partition coefficient (Wildman–Crippen LogP) is 3.12. The van der Waals surface area contributed by atoms with Crippen molar-refractivity contribution in [2.24, 2.45) is 0 Å². The highest BCUT2D eigenvalue weighted by molar-refractivity contribution is 7.13. The van der Waals surface area contributed by atoms with E-state index in [1.54, 1.807) is 10.7 Å². The topological polar surface area (TPSA) is 54.0 Å². The number of halogens is 3. The number of anilines is 1. The molecule has 0 unspecified atom stereocenters. The number of hydrogen-bond donors (Lipinski definition) is 2. The summed E-state index contributed by atoms with van der Waals surface area (Å²) in [5.74, 6) is 0. The molecule has 4 nitrogen and oxygen atoms in total. The predicted molar refractivity (Wildman–Crippen MR) is 63.9 cm³/mol. The molecule has 2 amide bonds. The minimum absolute atomic E-state index is 0.168. The number of carbonyl (C=O) groups excluding carboxylic acids is 1. The lowest BCUT2D eigenvalue weighted by Crippen LogP contribution is -2.36. The fourth-order valence-electron chi connectivity index (χ4n) is 0.997. The maximum Gasteiger partial charge on any atom is 0.405 e. The van der Waals surface area contributed by atoms with Crippen molar-refractivity contribution in [1.82, 2.24) is 10.3 Å². The van der Waals surface area contributed by atoms with Crippen molar-refractivity contribution in [1.29, 1.82) is 0 Å². The van der Waals surface area contributed by atoms with Gasteiger partial charge in [-0.25, -0.2) is 9.78 Å². The molecular formula is C10H14F3N3OS. The van der Waals surface area contributed by atoms with Gasteiger partial charge in [0.2, 0.25) is 0 Å². The molecule has 0 aliphatic rings. The van der Waals surface area contributed by atoms with Crippen LogP contribution < -0.4 is 10.6 Å². The summed E-state index contributed by atoms with van der Waals surface area (Å²) in [7, 11) is 0. The van der Waals surface area contributed by atoms with Gasteiger partial charge in [-0.2, -0.15) is 13.2 Å². The van der Waals surface area contributed by atoms with Gasteiger partial charge in [-0.15, -0.1) is 11.3 Å². The van der Waals surface area contributed by atoms with Gasteiger partial charge in [0, 0.05) is 10.8 Å². The molecule has 0 atom stereocenters. The number of amides is 2. The number of thiazole rings is 1. The molecular weight excluding hydrogens is 267 g/mol. The molecule has 0 aliphatic carbocycles. The lowest BCUT2D eigenvalue weighted by Gasteiger charge is -2.14. The average molecular weight is 281 g/mol. The largest absolute Gasteiger partial charge is 0.405 e. The van der Waals surface area contributed by atoms with Gasteiger partial charge in [0.05, 0.1) is 5.69 Å². The van der Waals surface area contributed by atoms with Crippen molar-refractivity contribution in [3.63, 3.8) is 0 Å². The van der Waals surface area contributed by atoms with E-state index in [0.29, 0.717) is 0 Å². The lowest BCUT2D eigenvalue weighted by molar-refractivity contribution is -0.122. The number of aromatic nitrogens is 1. The van der Waals surface area contributed by atoms with Crippen LogP contribution in [0.1, 0.15) is 26.5 Å². The minimum Gasteiger partial charge on any atom is -0.329 e. The molecule has 1 aromatic rings. The van der Waals surface area contributed by atoms with Crippen molar-refractivity contribution in [2.45, 2.75) is 32.4 Å². The summed E-state index contributed by atoms with van der Waals surface area (Å²) in [6.45, 7) is 4.50. The monoisotopic (exact) mass is 281 g/mol. The summed E-state index contributed by atoms with van der Waals surface area (Å²) in [5, 5.41) is 6.02. The number of rotatable bonds is 2. The van der Waals surface area contributed by atoms with E-state index in [-0.39, 0.29) is 10.5 Å². The minimum atomic E-state index is -4.42. The molecule has 1 heterocycles. The normalized spacial score (nSPS) is 12.3. The van der Waals surface area contributed by atoms with Crippen molar-refractivity contribution in [3.8, 4) is 0 Å². The molecule has 1 rings (SSSR count). The van der Waals surface area contributed by atoms with Crippen molar-refractivity contribution < 1.29 is 18.0 Å². The van der Waals surface area contributed by atoms with E-state index < -0.39 is 18.8 Å². The van der Waals surface area contributed by atoms with Crippen LogP contribution in [0.25, 0.3) is 0 Å². The molecule has 0 bridgehead atoms. The van der Waals surface area contributed by atoms with Crippen LogP contribution in [-0.2, 0) is 5.41 Å². The Hall–Kier alpha value is -1.31. The van der Waals surface area contributed by atoms with E-state index in [2.05, 4.69) is 10.3 Å². The molecule has 0 radical (unpaired) electrons. The van der Waals surface area contributed by atoms with Gasteiger partial charge in [0.15, 0.2) is 5.13 Å². The van der Waals surface area contributed by atoms with Gasteiger partial charge in [-0.05, 0) is 0 Å². The second kappa shape index (κ2) is 5.13. The summed E-state index contributed by atoms with van der Waals surface area (Å²) < 4.78 is 35.6. The van der Waals surface area contributed by atoms with E-state index in [0.717, 1.165) is 5.69 Å². The summed E-state index contributed by atoms with van der Waals surface area (Å²) in [6.07, 6.45) is -4.42. The molecule has 18 heavy (non-hydrogen) atoms. The maximum atomic E-state index is 11.9. The molecule has 102 valence electrons. The molecule has 0 saturated carbocycles. The van der Waals surface area contributed by atoms with Crippen LogP contribution in [0, 0.1) is 0 Å². The van der Waals surface area contributed by atoms with E-state index in [4.69, 9.17) is 0 Å². The molecule has 0 aromatic carbocycles. The Morgan fingerprint density at radius 2 is 2.00 bits per heavy atom. The van der Waals surface area contributed by atoms with Crippen LogP contribution in [0.3, 0.4) is 0 Å². The van der Waals surface area contributed by atoms with Gasteiger partial charge in [0.25, 0.3) is 0 Å². The van der Waals surface area contributed by atoms with Crippen molar-refractivity contribution >= 4 is 22.5 Å². The number of carbonyl (C=O) groups is 1. The van der Waals surface area contributed by atoms with Crippen LogP contribution in [0.2, 0.25) is 0 Å². The Balaban J connectivity index is 2.53. The standard InChI is InChI=1S/C10H14F3N3OS/c1-9(2,3)6-4-18-8(15-6)16-7(17)14-5-10(11,12)13/h4H,5H2,1-3H3,(H2,14,15,16,17). The molecule has 0 spiro atoms. The third-order valence-electron chi connectivity index (χ3n) is 1.94. The van der Waals surface area contributed by atoms with Crippen LogP contribution in [0.5, 0.6) is 0 Å². The fourth-order valence-corrected chi connectivity index (χ4v) is 1.93. The number of urea groups is 1. The fraction of sp³-hybridized carbons (Fsp3) is 0.600. The first kappa shape index (κ1) is 14.7. The zero-order valence-electron chi connectivity index (χ0n) is 10.2.